The lowest BCUT2D eigenvalue weighted by Crippen LogP contribution is -2.49. The van der Waals surface area contributed by atoms with Gasteiger partial charge in [0.2, 0.25) is 0 Å². The third-order valence-electron chi connectivity index (χ3n) is 4.40. The Labute approximate surface area is 108 Å². The molecule has 18 heavy (non-hydrogen) atoms. The third-order valence-corrected chi connectivity index (χ3v) is 4.40. The van der Waals surface area contributed by atoms with Gasteiger partial charge in [-0.15, -0.1) is 0 Å². The van der Waals surface area contributed by atoms with Gasteiger partial charge >= 0.3 is 0 Å². The average Bonchev–Trinajstić information content (AvgIpc) is 2.38. The van der Waals surface area contributed by atoms with Crippen LogP contribution in [0.25, 0.3) is 0 Å². The molecule has 1 saturated carbocycles. The van der Waals surface area contributed by atoms with Crippen molar-refractivity contribution in [3.05, 3.63) is 35.4 Å². The zero-order valence-electron chi connectivity index (χ0n) is 10.7. The second kappa shape index (κ2) is 4.63. The van der Waals surface area contributed by atoms with Crippen molar-refractivity contribution in [3.63, 3.8) is 0 Å². The van der Waals surface area contributed by atoms with E-state index in [2.05, 4.69) is 17.4 Å². The Kier molecular flexibility index (Phi) is 3.12. The van der Waals surface area contributed by atoms with Gasteiger partial charge in [0.05, 0.1) is 6.04 Å². The van der Waals surface area contributed by atoms with Gasteiger partial charge in [0.25, 0.3) is 0 Å². The van der Waals surface area contributed by atoms with Gasteiger partial charge in [-0.3, -0.25) is 0 Å². The molecule has 0 bridgehead atoms. The van der Waals surface area contributed by atoms with E-state index in [1.165, 1.54) is 5.56 Å². The van der Waals surface area contributed by atoms with Crippen molar-refractivity contribution < 1.29 is 4.39 Å². The first kappa shape index (κ1) is 12.1. The van der Waals surface area contributed by atoms with Crippen LogP contribution in [0.5, 0.6) is 0 Å². The van der Waals surface area contributed by atoms with E-state index in [9.17, 15) is 0 Å². The molecule has 0 amide bonds. The normalized spacial score (nSPS) is 36.1. The number of hydrogen-bond acceptors (Lipinski definition) is 2. The number of benzene rings is 1. The maximum absolute atomic E-state index is 15.2. The van der Waals surface area contributed by atoms with E-state index in [1.54, 1.807) is 0 Å². The maximum Gasteiger partial charge on any atom is 0.131 e. The van der Waals surface area contributed by atoms with Crippen LogP contribution >= 0.6 is 0 Å². The molecule has 1 fully saturated rings. The third kappa shape index (κ3) is 2.06. The van der Waals surface area contributed by atoms with Crippen LogP contribution in [0.2, 0.25) is 0 Å². The number of rotatable bonds is 1. The Morgan fingerprint density at radius 2 is 2.17 bits per heavy atom. The molecule has 2 nitrogen and oxygen atoms in total. The van der Waals surface area contributed by atoms with Crippen LogP contribution in [0.1, 0.15) is 42.9 Å². The van der Waals surface area contributed by atoms with E-state index in [4.69, 9.17) is 5.73 Å². The zero-order chi connectivity index (χ0) is 12.6. The van der Waals surface area contributed by atoms with Gasteiger partial charge in [-0.25, -0.2) is 4.39 Å². The van der Waals surface area contributed by atoms with E-state index in [0.717, 1.165) is 31.4 Å². The summed E-state index contributed by atoms with van der Waals surface area (Å²) in [5.74, 6) is 0. The number of alkyl halides is 1. The van der Waals surface area contributed by atoms with Gasteiger partial charge < -0.3 is 11.1 Å². The molecule has 0 aromatic heterocycles. The fourth-order valence-corrected chi connectivity index (χ4v) is 3.53. The van der Waals surface area contributed by atoms with Gasteiger partial charge in [-0.2, -0.15) is 0 Å². The highest BCUT2D eigenvalue weighted by Crippen LogP contribution is 2.43. The van der Waals surface area contributed by atoms with Crippen LogP contribution in [0.4, 0.5) is 4.39 Å². The van der Waals surface area contributed by atoms with Gasteiger partial charge in [0.1, 0.15) is 5.67 Å². The monoisotopic (exact) mass is 248 g/mol. The van der Waals surface area contributed by atoms with Crippen molar-refractivity contribution in [3.8, 4) is 0 Å². The summed E-state index contributed by atoms with van der Waals surface area (Å²) in [7, 11) is 0. The van der Waals surface area contributed by atoms with Gasteiger partial charge in [-0.1, -0.05) is 24.3 Å². The second-order valence-electron chi connectivity index (χ2n) is 5.73. The summed E-state index contributed by atoms with van der Waals surface area (Å²) in [5, 5.41) is 3.38. The minimum absolute atomic E-state index is 0.0136. The number of nitrogens with two attached hydrogens (primary N) is 1. The quantitative estimate of drug-likeness (QED) is 0.801. The lowest BCUT2D eigenvalue weighted by molar-refractivity contribution is 0.0482. The highest BCUT2D eigenvalue weighted by Gasteiger charge is 2.44. The molecule has 1 aliphatic carbocycles. The van der Waals surface area contributed by atoms with Gasteiger partial charge in [0, 0.05) is 6.04 Å². The Balaban J connectivity index is 1.93. The minimum atomic E-state index is -1.17. The number of halogens is 1. The molecular formula is C15H21FN2. The van der Waals surface area contributed by atoms with Gasteiger partial charge in [-0.05, 0) is 49.8 Å². The SMILES string of the molecule is NC1CCCC(F)(C2NCCc3ccccc32)C1. The highest BCUT2D eigenvalue weighted by atomic mass is 19.1. The molecule has 0 radical (unpaired) electrons. The Hall–Kier alpha value is -0.930. The summed E-state index contributed by atoms with van der Waals surface area (Å²) in [6.07, 6.45) is 3.97. The van der Waals surface area contributed by atoms with E-state index >= 15 is 4.39 Å². The summed E-state index contributed by atoms with van der Waals surface area (Å²) in [6, 6.07) is 8.07. The fraction of sp³-hybridized carbons (Fsp3) is 0.600. The molecule has 0 saturated heterocycles. The highest BCUT2D eigenvalue weighted by molar-refractivity contribution is 5.34. The Morgan fingerprint density at radius 3 is 3.00 bits per heavy atom. The molecule has 1 aliphatic heterocycles. The maximum atomic E-state index is 15.2. The predicted octanol–water partition coefficient (Wildman–Crippen LogP) is 2.48. The van der Waals surface area contributed by atoms with Crippen LogP contribution in [-0.2, 0) is 6.42 Å². The second-order valence-corrected chi connectivity index (χ2v) is 5.73. The molecule has 3 rings (SSSR count). The number of nitrogens with one attached hydrogen (secondary N) is 1. The van der Waals surface area contributed by atoms with Crippen molar-refractivity contribution in [1.82, 2.24) is 5.32 Å². The van der Waals surface area contributed by atoms with E-state index in [1.807, 2.05) is 12.1 Å². The molecule has 2 aliphatic rings. The molecule has 3 unspecified atom stereocenters. The van der Waals surface area contributed by atoms with Crippen LogP contribution in [0.15, 0.2) is 24.3 Å². The predicted molar refractivity (Wildman–Crippen MR) is 71.2 cm³/mol. The number of fused-ring (bicyclic) bond motifs is 1. The number of hydrogen-bond donors (Lipinski definition) is 2. The van der Waals surface area contributed by atoms with Crippen LogP contribution in [-0.4, -0.2) is 18.3 Å². The van der Waals surface area contributed by atoms with Crippen molar-refractivity contribution in [2.45, 2.75) is 49.9 Å². The molecule has 1 aromatic carbocycles. The lowest BCUT2D eigenvalue weighted by Gasteiger charge is -2.42. The average molecular weight is 248 g/mol. The van der Waals surface area contributed by atoms with Crippen molar-refractivity contribution in [2.75, 3.05) is 6.54 Å². The van der Waals surface area contributed by atoms with Crippen molar-refractivity contribution in [1.29, 1.82) is 0 Å². The summed E-state index contributed by atoms with van der Waals surface area (Å²) < 4.78 is 15.2. The lowest BCUT2D eigenvalue weighted by atomic mass is 9.74. The molecule has 0 spiro atoms. The topological polar surface area (TPSA) is 38.0 Å². The summed E-state index contributed by atoms with van der Waals surface area (Å²) >= 11 is 0. The molecular weight excluding hydrogens is 227 g/mol. The Morgan fingerprint density at radius 1 is 1.33 bits per heavy atom. The van der Waals surface area contributed by atoms with Gasteiger partial charge in [0.15, 0.2) is 0 Å². The molecule has 98 valence electrons. The minimum Gasteiger partial charge on any atom is -0.328 e. The van der Waals surface area contributed by atoms with E-state index in [0.29, 0.717) is 12.8 Å². The van der Waals surface area contributed by atoms with E-state index in [-0.39, 0.29) is 12.1 Å². The molecule has 3 heteroatoms. The largest absolute Gasteiger partial charge is 0.328 e. The Bertz CT molecular complexity index is 434. The molecule has 1 heterocycles. The first-order valence-corrected chi connectivity index (χ1v) is 6.95. The smallest absolute Gasteiger partial charge is 0.131 e. The first-order valence-electron chi connectivity index (χ1n) is 6.95. The van der Waals surface area contributed by atoms with Crippen LogP contribution in [0, 0.1) is 0 Å². The molecule has 3 atom stereocenters. The zero-order valence-corrected chi connectivity index (χ0v) is 10.7. The first-order chi connectivity index (χ1) is 8.69. The van der Waals surface area contributed by atoms with Crippen molar-refractivity contribution >= 4 is 0 Å². The van der Waals surface area contributed by atoms with Crippen LogP contribution in [0.3, 0.4) is 0 Å². The standard InChI is InChI=1S/C15H21FN2/c16-15(8-3-5-12(17)10-15)14-13-6-2-1-4-11(13)7-9-18-14/h1-2,4,6,12,14,18H,3,5,7-10,17H2. The summed E-state index contributed by atoms with van der Waals surface area (Å²) in [6.45, 7) is 0.864. The fourth-order valence-electron chi connectivity index (χ4n) is 3.53. The molecule has 3 N–H and O–H groups in total. The molecule has 1 aromatic rings. The summed E-state index contributed by atoms with van der Waals surface area (Å²) in [5.41, 5.74) is 7.23. The van der Waals surface area contributed by atoms with Crippen molar-refractivity contribution in [2.24, 2.45) is 5.73 Å². The summed E-state index contributed by atoms with van der Waals surface area (Å²) in [4.78, 5) is 0. The van der Waals surface area contributed by atoms with E-state index < -0.39 is 5.67 Å². The van der Waals surface area contributed by atoms with Crippen LogP contribution < -0.4 is 11.1 Å².